The molecule has 0 aliphatic rings. The zero-order chi connectivity index (χ0) is 13.5. The van der Waals surface area contributed by atoms with Gasteiger partial charge in [0, 0.05) is 22.7 Å². The van der Waals surface area contributed by atoms with E-state index >= 15 is 0 Å². The minimum Gasteiger partial charge on any atom is -0.313 e. The van der Waals surface area contributed by atoms with Crippen molar-refractivity contribution in [2.75, 3.05) is 6.54 Å². The molecule has 2 rings (SSSR count). The Kier molecular flexibility index (Phi) is 5.70. The second-order valence-electron chi connectivity index (χ2n) is 4.24. The van der Waals surface area contributed by atoms with Gasteiger partial charge in [-0.15, -0.1) is 0 Å². The molecule has 1 aromatic carbocycles. The molecule has 0 amide bonds. The number of benzene rings is 1. The first kappa shape index (κ1) is 14.4. The van der Waals surface area contributed by atoms with Crippen LogP contribution in [0.5, 0.6) is 0 Å². The molecule has 0 bridgehead atoms. The van der Waals surface area contributed by atoms with Crippen molar-refractivity contribution in [1.82, 2.24) is 10.3 Å². The van der Waals surface area contributed by atoms with Crippen molar-refractivity contribution < 1.29 is 0 Å². The van der Waals surface area contributed by atoms with Crippen molar-refractivity contribution in [1.29, 1.82) is 0 Å². The smallest absolute Gasteiger partial charge is 0.101 e. The van der Waals surface area contributed by atoms with Gasteiger partial charge in [0.1, 0.15) is 5.03 Å². The molecule has 0 unspecified atom stereocenters. The topological polar surface area (TPSA) is 24.9 Å². The van der Waals surface area contributed by atoms with Gasteiger partial charge >= 0.3 is 0 Å². The van der Waals surface area contributed by atoms with Gasteiger partial charge in [0.2, 0.25) is 0 Å². The van der Waals surface area contributed by atoms with E-state index in [2.05, 4.69) is 29.4 Å². The predicted octanol–water partition coefficient (Wildman–Crippen LogP) is 4.39. The molecular weight excluding hydrogens is 276 g/mol. The molecule has 0 aliphatic carbocycles. The summed E-state index contributed by atoms with van der Waals surface area (Å²) in [4.78, 5) is 5.57. The lowest BCUT2D eigenvalue weighted by Gasteiger charge is -2.05. The fourth-order valence-electron chi connectivity index (χ4n) is 1.64. The van der Waals surface area contributed by atoms with Gasteiger partial charge in [0.15, 0.2) is 0 Å². The SMILES string of the molecule is CCCNCc1ccc(Sc2cccc(Cl)c2)nc1. The van der Waals surface area contributed by atoms with E-state index in [1.54, 1.807) is 11.8 Å². The molecule has 1 aromatic heterocycles. The Hall–Kier alpha value is -1.03. The molecule has 19 heavy (non-hydrogen) atoms. The Labute approximate surface area is 123 Å². The molecule has 0 fully saturated rings. The monoisotopic (exact) mass is 292 g/mol. The molecule has 100 valence electrons. The number of nitrogens with one attached hydrogen (secondary N) is 1. The van der Waals surface area contributed by atoms with Gasteiger partial charge < -0.3 is 5.32 Å². The molecule has 0 atom stereocenters. The van der Waals surface area contributed by atoms with Gasteiger partial charge in [0.05, 0.1) is 0 Å². The molecule has 1 N–H and O–H groups in total. The zero-order valence-corrected chi connectivity index (χ0v) is 12.5. The Morgan fingerprint density at radius 3 is 2.84 bits per heavy atom. The molecule has 0 radical (unpaired) electrons. The summed E-state index contributed by atoms with van der Waals surface area (Å²) in [6, 6.07) is 12.0. The third-order valence-electron chi connectivity index (χ3n) is 2.57. The number of hydrogen-bond acceptors (Lipinski definition) is 3. The standard InChI is InChI=1S/C15H17ClN2S/c1-2-8-17-10-12-6-7-15(18-11-12)19-14-5-3-4-13(16)9-14/h3-7,9,11,17H,2,8,10H2,1H3. The Morgan fingerprint density at radius 1 is 1.26 bits per heavy atom. The van der Waals surface area contributed by atoms with E-state index in [1.165, 1.54) is 5.56 Å². The van der Waals surface area contributed by atoms with E-state index in [0.717, 1.165) is 34.5 Å². The van der Waals surface area contributed by atoms with Gasteiger partial charge in [-0.3, -0.25) is 0 Å². The van der Waals surface area contributed by atoms with Crippen molar-refractivity contribution in [3.05, 3.63) is 53.2 Å². The molecule has 0 saturated heterocycles. The number of nitrogens with zero attached hydrogens (tertiary/aromatic N) is 1. The van der Waals surface area contributed by atoms with Crippen LogP contribution in [0.2, 0.25) is 5.02 Å². The first-order valence-electron chi connectivity index (χ1n) is 6.37. The molecule has 2 aromatic rings. The van der Waals surface area contributed by atoms with Crippen LogP contribution in [0.1, 0.15) is 18.9 Å². The van der Waals surface area contributed by atoms with Gasteiger partial charge in [-0.1, -0.05) is 42.4 Å². The first-order valence-corrected chi connectivity index (χ1v) is 7.56. The normalized spacial score (nSPS) is 10.6. The van der Waals surface area contributed by atoms with Crippen molar-refractivity contribution in [3.8, 4) is 0 Å². The highest BCUT2D eigenvalue weighted by molar-refractivity contribution is 7.99. The van der Waals surface area contributed by atoms with Crippen LogP contribution in [0, 0.1) is 0 Å². The van der Waals surface area contributed by atoms with Crippen molar-refractivity contribution >= 4 is 23.4 Å². The number of halogens is 1. The summed E-state index contributed by atoms with van der Waals surface area (Å²) in [6.07, 6.45) is 3.08. The number of rotatable bonds is 6. The third kappa shape index (κ3) is 4.86. The minimum absolute atomic E-state index is 0.755. The summed E-state index contributed by atoms with van der Waals surface area (Å²) >= 11 is 7.59. The maximum absolute atomic E-state index is 5.97. The summed E-state index contributed by atoms with van der Waals surface area (Å²) in [5, 5.41) is 5.11. The Morgan fingerprint density at radius 2 is 2.16 bits per heavy atom. The van der Waals surface area contributed by atoms with E-state index in [1.807, 2.05) is 30.5 Å². The van der Waals surface area contributed by atoms with Gasteiger partial charge in [-0.05, 0) is 42.8 Å². The van der Waals surface area contributed by atoms with E-state index < -0.39 is 0 Å². The van der Waals surface area contributed by atoms with E-state index in [9.17, 15) is 0 Å². The Balaban J connectivity index is 1.95. The van der Waals surface area contributed by atoms with Crippen molar-refractivity contribution in [2.45, 2.75) is 29.8 Å². The summed E-state index contributed by atoms with van der Waals surface area (Å²) in [5.41, 5.74) is 1.21. The van der Waals surface area contributed by atoms with Crippen LogP contribution in [0.15, 0.2) is 52.5 Å². The molecule has 1 heterocycles. The summed E-state index contributed by atoms with van der Waals surface area (Å²) in [7, 11) is 0. The second-order valence-corrected chi connectivity index (χ2v) is 5.77. The maximum Gasteiger partial charge on any atom is 0.101 e. The van der Waals surface area contributed by atoms with Crippen molar-refractivity contribution in [2.24, 2.45) is 0 Å². The third-order valence-corrected chi connectivity index (χ3v) is 3.75. The van der Waals surface area contributed by atoms with Crippen LogP contribution in [-0.2, 0) is 6.54 Å². The minimum atomic E-state index is 0.755. The predicted molar refractivity (Wildman–Crippen MR) is 81.8 cm³/mol. The van der Waals surface area contributed by atoms with Crippen LogP contribution < -0.4 is 5.32 Å². The highest BCUT2D eigenvalue weighted by Crippen LogP contribution is 2.27. The lowest BCUT2D eigenvalue weighted by atomic mass is 10.3. The largest absolute Gasteiger partial charge is 0.313 e. The van der Waals surface area contributed by atoms with Crippen LogP contribution in [0.25, 0.3) is 0 Å². The lowest BCUT2D eigenvalue weighted by Crippen LogP contribution is -2.13. The quantitative estimate of drug-likeness (QED) is 0.800. The van der Waals surface area contributed by atoms with E-state index in [4.69, 9.17) is 11.6 Å². The number of hydrogen-bond donors (Lipinski definition) is 1. The molecule has 0 saturated carbocycles. The van der Waals surface area contributed by atoms with Crippen LogP contribution >= 0.6 is 23.4 Å². The average Bonchev–Trinajstić information content (AvgIpc) is 2.41. The summed E-state index contributed by atoms with van der Waals surface area (Å²) in [5.74, 6) is 0. The van der Waals surface area contributed by atoms with Gasteiger partial charge in [-0.2, -0.15) is 0 Å². The van der Waals surface area contributed by atoms with Crippen LogP contribution in [0.3, 0.4) is 0 Å². The molecule has 0 aliphatic heterocycles. The van der Waals surface area contributed by atoms with Gasteiger partial charge in [0.25, 0.3) is 0 Å². The fraction of sp³-hybridized carbons (Fsp3) is 0.267. The molecule has 0 spiro atoms. The highest BCUT2D eigenvalue weighted by Gasteiger charge is 2.00. The van der Waals surface area contributed by atoms with Crippen LogP contribution in [-0.4, -0.2) is 11.5 Å². The van der Waals surface area contributed by atoms with E-state index in [0.29, 0.717) is 0 Å². The zero-order valence-electron chi connectivity index (χ0n) is 10.9. The van der Waals surface area contributed by atoms with Crippen LogP contribution in [0.4, 0.5) is 0 Å². The van der Waals surface area contributed by atoms with Gasteiger partial charge in [-0.25, -0.2) is 4.98 Å². The average molecular weight is 293 g/mol. The first-order chi connectivity index (χ1) is 9.28. The molecule has 2 nitrogen and oxygen atoms in total. The van der Waals surface area contributed by atoms with E-state index in [-0.39, 0.29) is 0 Å². The van der Waals surface area contributed by atoms with Crippen molar-refractivity contribution in [3.63, 3.8) is 0 Å². The second kappa shape index (κ2) is 7.53. The number of aromatic nitrogens is 1. The fourth-order valence-corrected chi connectivity index (χ4v) is 2.71. The molecular formula is C15H17ClN2S. The number of pyridine rings is 1. The highest BCUT2D eigenvalue weighted by atomic mass is 35.5. The maximum atomic E-state index is 5.97. The summed E-state index contributed by atoms with van der Waals surface area (Å²) in [6.45, 7) is 4.08. The Bertz CT molecular complexity index is 514. The molecule has 4 heteroatoms. The lowest BCUT2D eigenvalue weighted by molar-refractivity contribution is 0.673. The summed E-state index contributed by atoms with van der Waals surface area (Å²) < 4.78 is 0.